The van der Waals surface area contributed by atoms with Gasteiger partial charge in [0, 0.05) is 11.3 Å². The number of benzene rings is 2. The third-order valence-corrected chi connectivity index (χ3v) is 4.01. The summed E-state index contributed by atoms with van der Waals surface area (Å²) >= 11 is 0. The number of carbonyl (C=O) groups excluding carboxylic acids is 2. The Balaban J connectivity index is 1.85. The number of amides is 1. The minimum absolute atomic E-state index is 0.00273. The monoisotopic (exact) mass is 325 g/mol. The summed E-state index contributed by atoms with van der Waals surface area (Å²) < 4.78 is 5.50. The van der Waals surface area contributed by atoms with Crippen molar-refractivity contribution >= 4 is 17.4 Å². The lowest BCUT2D eigenvalue weighted by Gasteiger charge is -2.11. The molecule has 0 saturated heterocycles. The Bertz CT molecular complexity index is 690. The maximum Gasteiger partial charge on any atom is 0.262 e. The topological polar surface area (TPSA) is 55.4 Å². The maximum absolute atomic E-state index is 11.9. The van der Waals surface area contributed by atoms with Crippen molar-refractivity contribution in [1.82, 2.24) is 0 Å². The van der Waals surface area contributed by atoms with Gasteiger partial charge in [0.2, 0.25) is 0 Å². The smallest absolute Gasteiger partial charge is 0.262 e. The van der Waals surface area contributed by atoms with E-state index in [2.05, 4.69) is 19.2 Å². The first-order valence-electron chi connectivity index (χ1n) is 8.13. The molecule has 0 radical (unpaired) electrons. The molecule has 1 atom stereocenters. The summed E-state index contributed by atoms with van der Waals surface area (Å²) in [5, 5.41) is 2.74. The van der Waals surface area contributed by atoms with Crippen LogP contribution in [0.15, 0.2) is 48.5 Å². The second kappa shape index (κ2) is 8.29. The molecule has 0 aromatic heterocycles. The van der Waals surface area contributed by atoms with E-state index in [9.17, 15) is 9.59 Å². The molecular weight excluding hydrogens is 302 g/mol. The molecule has 1 amide bonds. The fourth-order valence-electron chi connectivity index (χ4n) is 2.26. The third kappa shape index (κ3) is 4.95. The highest BCUT2D eigenvalue weighted by Crippen LogP contribution is 2.21. The number of carbonyl (C=O) groups is 2. The summed E-state index contributed by atoms with van der Waals surface area (Å²) in [5.74, 6) is 0.943. The molecule has 4 heteroatoms. The molecule has 2 rings (SSSR count). The van der Waals surface area contributed by atoms with Crippen LogP contribution in [-0.4, -0.2) is 18.3 Å². The molecule has 0 saturated carbocycles. The van der Waals surface area contributed by atoms with E-state index in [0.717, 1.165) is 6.42 Å². The van der Waals surface area contributed by atoms with Crippen molar-refractivity contribution in [2.75, 3.05) is 11.9 Å². The number of hydrogen-bond donors (Lipinski definition) is 1. The van der Waals surface area contributed by atoms with Crippen LogP contribution in [0.3, 0.4) is 0 Å². The van der Waals surface area contributed by atoms with Crippen LogP contribution in [0.25, 0.3) is 0 Å². The van der Waals surface area contributed by atoms with Crippen molar-refractivity contribution in [1.29, 1.82) is 0 Å². The zero-order valence-electron chi connectivity index (χ0n) is 14.3. The van der Waals surface area contributed by atoms with E-state index < -0.39 is 0 Å². The fraction of sp³-hybridized carbons (Fsp3) is 0.300. The predicted molar refractivity (Wildman–Crippen MR) is 95.7 cm³/mol. The lowest BCUT2D eigenvalue weighted by Crippen LogP contribution is -2.20. The van der Waals surface area contributed by atoms with Crippen LogP contribution in [-0.2, 0) is 4.79 Å². The zero-order chi connectivity index (χ0) is 17.5. The minimum Gasteiger partial charge on any atom is -0.484 e. The largest absolute Gasteiger partial charge is 0.484 e. The normalized spacial score (nSPS) is 11.6. The second-order valence-electron chi connectivity index (χ2n) is 5.85. The van der Waals surface area contributed by atoms with Crippen LogP contribution in [0.1, 0.15) is 49.0 Å². The van der Waals surface area contributed by atoms with Crippen LogP contribution >= 0.6 is 0 Å². The lowest BCUT2D eigenvalue weighted by molar-refractivity contribution is -0.118. The first-order chi connectivity index (χ1) is 11.5. The van der Waals surface area contributed by atoms with E-state index in [0.29, 0.717) is 22.9 Å². The zero-order valence-corrected chi connectivity index (χ0v) is 14.3. The number of anilines is 1. The summed E-state index contributed by atoms with van der Waals surface area (Å²) in [6.07, 6.45) is 1.09. The van der Waals surface area contributed by atoms with E-state index in [1.807, 2.05) is 24.3 Å². The fourth-order valence-corrected chi connectivity index (χ4v) is 2.26. The van der Waals surface area contributed by atoms with Crippen LogP contribution in [0.2, 0.25) is 0 Å². The maximum atomic E-state index is 11.9. The summed E-state index contributed by atoms with van der Waals surface area (Å²) in [5.41, 5.74) is 2.52. The van der Waals surface area contributed by atoms with E-state index in [1.54, 1.807) is 24.3 Å². The molecule has 0 aliphatic carbocycles. The lowest BCUT2D eigenvalue weighted by atomic mass is 9.99. The molecule has 0 heterocycles. The molecule has 24 heavy (non-hydrogen) atoms. The number of ether oxygens (including phenoxy) is 1. The van der Waals surface area contributed by atoms with Gasteiger partial charge in [-0.05, 0) is 61.2 Å². The summed E-state index contributed by atoms with van der Waals surface area (Å²) in [7, 11) is 0. The van der Waals surface area contributed by atoms with E-state index >= 15 is 0 Å². The number of ketones is 1. The molecular formula is C20H23NO3. The van der Waals surface area contributed by atoms with Crippen molar-refractivity contribution in [2.45, 2.75) is 33.1 Å². The van der Waals surface area contributed by atoms with Crippen LogP contribution < -0.4 is 10.1 Å². The first kappa shape index (κ1) is 17.7. The molecule has 0 fully saturated rings. The highest BCUT2D eigenvalue weighted by Gasteiger charge is 2.06. The Morgan fingerprint density at radius 3 is 2.21 bits per heavy atom. The van der Waals surface area contributed by atoms with Gasteiger partial charge in [-0.1, -0.05) is 26.0 Å². The number of Topliss-reactive ketones (excluding diaryl/α,β-unsaturated/α-hetero) is 1. The van der Waals surface area contributed by atoms with Gasteiger partial charge in [-0.3, -0.25) is 9.59 Å². The second-order valence-corrected chi connectivity index (χ2v) is 5.85. The van der Waals surface area contributed by atoms with Gasteiger partial charge in [-0.15, -0.1) is 0 Å². The van der Waals surface area contributed by atoms with Crippen molar-refractivity contribution in [3.63, 3.8) is 0 Å². The van der Waals surface area contributed by atoms with E-state index in [4.69, 9.17) is 4.74 Å². The van der Waals surface area contributed by atoms with Crippen LogP contribution in [0.5, 0.6) is 5.75 Å². The molecule has 126 valence electrons. The molecule has 0 aliphatic rings. The number of rotatable bonds is 7. The summed E-state index contributed by atoms with van der Waals surface area (Å²) in [4.78, 5) is 23.1. The average molecular weight is 325 g/mol. The van der Waals surface area contributed by atoms with Gasteiger partial charge in [0.25, 0.3) is 5.91 Å². The van der Waals surface area contributed by atoms with Crippen molar-refractivity contribution < 1.29 is 14.3 Å². The van der Waals surface area contributed by atoms with E-state index in [1.165, 1.54) is 12.5 Å². The SMILES string of the molecule is CC[C@H](C)c1ccc(OCC(=O)Nc2ccc(C(C)=O)cc2)cc1. The van der Waals surface area contributed by atoms with Crippen LogP contribution in [0.4, 0.5) is 5.69 Å². The van der Waals surface area contributed by atoms with Crippen molar-refractivity contribution in [3.05, 3.63) is 59.7 Å². The molecule has 4 nitrogen and oxygen atoms in total. The Labute approximate surface area is 142 Å². The van der Waals surface area contributed by atoms with Gasteiger partial charge in [-0.2, -0.15) is 0 Å². The minimum atomic E-state index is -0.239. The Morgan fingerprint density at radius 1 is 1.04 bits per heavy atom. The first-order valence-corrected chi connectivity index (χ1v) is 8.13. The molecule has 1 N–H and O–H groups in total. The van der Waals surface area contributed by atoms with Gasteiger partial charge in [0.05, 0.1) is 0 Å². The molecule has 0 aliphatic heterocycles. The molecule has 2 aromatic rings. The van der Waals surface area contributed by atoms with Gasteiger partial charge in [0.1, 0.15) is 5.75 Å². The van der Waals surface area contributed by atoms with Gasteiger partial charge in [0.15, 0.2) is 12.4 Å². The molecule has 0 bridgehead atoms. The Hall–Kier alpha value is -2.62. The quantitative estimate of drug-likeness (QED) is 0.767. The van der Waals surface area contributed by atoms with Crippen molar-refractivity contribution in [3.8, 4) is 5.75 Å². The Morgan fingerprint density at radius 2 is 1.67 bits per heavy atom. The van der Waals surface area contributed by atoms with Gasteiger partial charge in [-0.25, -0.2) is 0 Å². The van der Waals surface area contributed by atoms with Gasteiger partial charge >= 0.3 is 0 Å². The summed E-state index contributed by atoms with van der Waals surface area (Å²) in [6.45, 7) is 5.79. The standard InChI is InChI=1S/C20H23NO3/c1-4-14(2)16-7-11-19(12-8-16)24-13-20(23)21-18-9-5-17(6-10-18)15(3)22/h5-12,14H,4,13H2,1-3H3,(H,21,23)/t14-/m0/s1. The Kier molecular flexibility index (Phi) is 6.13. The average Bonchev–Trinajstić information content (AvgIpc) is 2.60. The number of hydrogen-bond acceptors (Lipinski definition) is 3. The molecule has 0 spiro atoms. The predicted octanol–water partition coefficient (Wildman–Crippen LogP) is 4.42. The van der Waals surface area contributed by atoms with Crippen LogP contribution in [0, 0.1) is 0 Å². The number of nitrogens with one attached hydrogen (secondary N) is 1. The summed E-state index contributed by atoms with van der Waals surface area (Å²) in [6, 6.07) is 14.6. The highest BCUT2D eigenvalue weighted by atomic mass is 16.5. The van der Waals surface area contributed by atoms with Crippen molar-refractivity contribution in [2.24, 2.45) is 0 Å². The van der Waals surface area contributed by atoms with E-state index in [-0.39, 0.29) is 18.3 Å². The molecule has 2 aromatic carbocycles. The van der Waals surface area contributed by atoms with Gasteiger partial charge < -0.3 is 10.1 Å². The third-order valence-electron chi connectivity index (χ3n) is 4.01. The highest BCUT2D eigenvalue weighted by molar-refractivity contribution is 5.95. The molecule has 0 unspecified atom stereocenters.